The number of hydrogen-bond donors (Lipinski definition) is 0. The lowest BCUT2D eigenvalue weighted by atomic mass is 9.92. The van der Waals surface area contributed by atoms with Crippen molar-refractivity contribution in [2.24, 2.45) is 0 Å². The first-order chi connectivity index (χ1) is 8.68. The highest BCUT2D eigenvalue weighted by Gasteiger charge is 2.38. The molecular weight excluding hydrogens is 283 g/mol. The van der Waals surface area contributed by atoms with Crippen LogP contribution in [0.4, 0.5) is 18.9 Å². The average Bonchev–Trinajstić information content (AvgIpc) is 2.27. The average molecular weight is 296 g/mol. The summed E-state index contributed by atoms with van der Waals surface area (Å²) < 4.78 is 38.5. The lowest BCUT2D eigenvalue weighted by Crippen LogP contribution is -2.13. The van der Waals surface area contributed by atoms with Gasteiger partial charge in [-0.1, -0.05) is 13.0 Å². The third-order valence-corrected chi connectivity index (χ3v) is 3.25. The molecular formula is C12H13ClF3NO2. The quantitative estimate of drug-likeness (QED) is 0.457. The molecule has 0 aliphatic rings. The van der Waals surface area contributed by atoms with Gasteiger partial charge in [-0.05, 0) is 30.9 Å². The number of benzene rings is 1. The van der Waals surface area contributed by atoms with Crippen LogP contribution in [-0.2, 0) is 6.18 Å². The van der Waals surface area contributed by atoms with Crippen LogP contribution in [0.25, 0.3) is 0 Å². The van der Waals surface area contributed by atoms with Crippen LogP contribution < -0.4 is 0 Å². The Balaban J connectivity index is 3.37. The lowest BCUT2D eigenvalue weighted by molar-refractivity contribution is -0.388. The first kappa shape index (κ1) is 15.8. The van der Waals surface area contributed by atoms with Gasteiger partial charge in [0.2, 0.25) is 0 Å². The molecule has 0 N–H and O–H groups in total. The summed E-state index contributed by atoms with van der Waals surface area (Å²) in [7, 11) is 0. The molecule has 2 unspecified atom stereocenters. The monoisotopic (exact) mass is 295 g/mol. The molecule has 0 aliphatic carbocycles. The van der Waals surface area contributed by atoms with Crippen molar-refractivity contribution in [1.29, 1.82) is 0 Å². The number of nitro groups is 1. The summed E-state index contributed by atoms with van der Waals surface area (Å²) in [6.45, 7) is 3.49. The van der Waals surface area contributed by atoms with Gasteiger partial charge >= 0.3 is 6.18 Å². The topological polar surface area (TPSA) is 43.1 Å². The van der Waals surface area contributed by atoms with Gasteiger partial charge in [0.15, 0.2) is 0 Å². The highest BCUT2D eigenvalue weighted by molar-refractivity contribution is 6.20. The Labute approximate surface area is 113 Å². The predicted octanol–water partition coefficient (Wildman–Crippen LogP) is 4.73. The highest BCUT2D eigenvalue weighted by atomic mass is 35.5. The van der Waals surface area contributed by atoms with Crippen molar-refractivity contribution < 1.29 is 18.1 Å². The van der Waals surface area contributed by atoms with Gasteiger partial charge in [0, 0.05) is 11.4 Å². The summed E-state index contributed by atoms with van der Waals surface area (Å²) in [5.74, 6) is -0.274. The molecule has 0 spiro atoms. The van der Waals surface area contributed by atoms with E-state index in [0.29, 0.717) is 12.0 Å². The summed E-state index contributed by atoms with van der Waals surface area (Å²) >= 11 is 5.93. The molecule has 3 nitrogen and oxygen atoms in total. The highest BCUT2D eigenvalue weighted by Crippen LogP contribution is 2.39. The molecule has 1 aromatic carbocycles. The van der Waals surface area contributed by atoms with Crippen molar-refractivity contribution in [3.8, 4) is 0 Å². The lowest BCUT2D eigenvalue weighted by Gasteiger charge is -2.19. The van der Waals surface area contributed by atoms with Crippen molar-refractivity contribution in [3.05, 3.63) is 39.4 Å². The second-order valence-electron chi connectivity index (χ2n) is 4.22. The maximum Gasteiger partial charge on any atom is 0.423 e. The van der Waals surface area contributed by atoms with E-state index in [2.05, 4.69) is 0 Å². The molecule has 0 aromatic heterocycles. The van der Waals surface area contributed by atoms with E-state index in [-0.39, 0.29) is 11.3 Å². The van der Waals surface area contributed by atoms with Gasteiger partial charge in [-0.2, -0.15) is 13.2 Å². The van der Waals surface area contributed by atoms with E-state index in [0.717, 1.165) is 12.1 Å². The molecule has 0 amide bonds. The number of hydrogen-bond acceptors (Lipinski definition) is 2. The second-order valence-corrected chi connectivity index (χ2v) is 4.91. The summed E-state index contributed by atoms with van der Waals surface area (Å²) in [5.41, 5.74) is -1.80. The molecule has 1 rings (SSSR count). The zero-order valence-corrected chi connectivity index (χ0v) is 11.1. The van der Waals surface area contributed by atoms with Crippen molar-refractivity contribution >= 4 is 17.3 Å². The van der Waals surface area contributed by atoms with Crippen LogP contribution in [0.3, 0.4) is 0 Å². The molecule has 0 saturated heterocycles. The van der Waals surface area contributed by atoms with Gasteiger partial charge < -0.3 is 0 Å². The molecule has 19 heavy (non-hydrogen) atoms. The maximum absolute atomic E-state index is 12.8. The Morgan fingerprint density at radius 3 is 2.37 bits per heavy atom. The van der Waals surface area contributed by atoms with E-state index >= 15 is 0 Å². The molecule has 0 saturated carbocycles. The van der Waals surface area contributed by atoms with Gasteiger partial charge in [-0.3, -0.25) is 10.1 Å². The number of rotatable bonds is 4. The predicted molar refractivity (Wildman–Crippen MR) is 66.4 cm³/mol. The van der Waals surface area contributed by atoms with Crippen LogP contribution in [0.1, 0.15) is 37.3 Å². The molecule has 2 atom stereocenters. The smallest absolute Gasteiger partial charge is 0.258 e. The van der Waals surface area contributed by atoms with E-state index in [1.54, 1.807) is 13.8 Å². The number of nitro benzene ring substituents is 1. The summed E-state index contributed by atoms with van der Waals surface area (Å²) in [4.78, 5) is 9.60. The van der Waals surface area contributed by atoms with Crippen molar-refractivity contribution in [3.63, 3.8) is 0 Å². The van der Waals surface area contributed by atoms with Crippen LogP contribution in [0.2, 0.25) is 0 Å². The minimum absolute atomic E-state index is 0.274. The van der Waals surface area contributed by atoms with Gasteiger partial charge in [0.25, 0.3) is 5.69 Å². The first-order valence-electron chi connectivity index (χ1n) is 5.68. The Bertz CT molecular complexity index is 475. The third-order valence-electron chi connectivity index (χ3n) is 2.95. The zero-order valence-electron chi connectivity index (χ0n) is 10.4. The zero-order chi connectivity index (χ0) is 14.8. The Morgan fingerprint density at radius 2 is 2.00 bits per heavy atom. The van der Waals surface area contributed by atoms with Crippen LogP contribution in [0.15, 0.2) is 18.2 Å². The Hall–Kier alpha value is -1.30. The van der Waals surface area contributed by atoms with E-state index in [9.17, 15) is 23.3 Å². The van der Waals surface area contributed by atoms with E-state index < -0.39 is 22.4 Å². The largest absolute Gasteiger partial charge is 0.423 e. The molecule has 7 heteroatoms. The van der Waals surface area contributed by atoms with Crippen LogP contribution in [0, 0.1) is 10.1 Å². The number of nitrogens with zero attached hydrogens (tertiary/aromatic N) is 1. The summed E-state index contributed by atoms with van der Waals surface area (Å²) in [6.07, 6.45) is -4.20. The van der Waals surface area contributed by atoms with Crippen LogP contribution in [0.5, 0.6) is 0 Å². The molecule has 0 radical (unpaired) electrons. The SMILES string of the molecule is CCC(c1ccc([N+](=O)[O-])c(C(F)(F)F)c1)C(C)Cl. The molecule has 1 aromatic rings. The third kappa shape index (κ3) is 3.59. The maximum atomic E-state index is 12.8. The molecule has 0 bridgehead atoms. The van der Waals surface area contributed by atoms with E-state index in [1.807, 2.05) is 0 Å². The van der Waals surface area contributed by atoms with E-state index in [4.69, 9.17) is 11.6 Å². The van der Waals surface area contributed by atoms with Crippen molar-refractivity contribution in [1.82, 2.24) is 0 Å². The Kier molecular flexibility index (Phi) is 4.79. The molecule has 0 heterocycles. The van der Waals surface area contributed by atoms with Gasteiger partial charge in [-0.15, -0.1) is 11.6 Å². The fourth-order valence-corrected chi connectivity index (χ4v) is 2.32. The van der Waals surface area contributed by atoms with E-state index in [1.165, 1.54) is 6.07 Å². The van der Waals surface area contributed by atoms with Gasteiger partial charge in [-0.25, -0.2) is 0 Å². The first-order valence-corrected chi connectivity index (χ1v) is 6.11. The van der Waals surface area contributed by atoms with Crippen LogP contribution >= 0.6 is 11.6 Å². The molecule has 0 aliphatic heterocycles. The second kappa shape index (κ2) is 5.77. The minimum Gasteiger partial charge on any atom is -0.258 e. The normalized spacial score (nSPS) is 15.1. The van der Waals surface area contributed by atoms with Gasteiger partial charge in [0.1, 0.15) is 5.56 Å². The van der Waals surface area contributed by atoms with Gasteiger partial charge in [0.05, 0.1) is 4.92 Å². The van der Waals surface area contributed by atoms with Crippen molar-refractivity contribution in [2.45, 2.75) is 37.7 Å². The summed E-state index contributed by atoms with van der Waals surface area (Å²) in [5, 5.41) is 10.3. The van der Waals surface area contributed by atoms with Crippen molar-refractivity contribution in [2.75, 3.05) is 0 Å². The fraction of sp³-hybridized carbons (Fsp3) is 0.500. The number of halogens is 4. The number of alkyl halides is 4. The summed E-state index contributed by atoms with van der Waals surface area (Å²) in [6, 6.07) is 3.05. The molecule has 0 fully saturated rings. The fourth-order valence-electron chi connectivity index (χ4n) is 2.00. The minimum atomic E-state index is -4.76. The Morgan fingerprint density at radius 1 is 1.42 bits per heavy atom. The standard InChI is InChI=1S/C12H13ClF3NO2/c1-3-9(7(2)13)8-4-5-11(17(18)19)10(6-8)12(14,15)16/h4-7,9H,3H2,1-2H3. The molecule has 106 valence electrons. The van der Waals surface area contributed by atoms with Crippen LogP contribution in [-0.4, -0.2) is 10.3 Å².